The summed E-state index contributed by atoms with van der Waals surface area (Å²) < 4.78 is 0. The predicted molar refractivity (Wildman–Crippen MR) is 86.4 cm³/mol. The van der Waals surface area contributed by atoms with Crippen molar-refractivity contribution >= 4 is 0 Å². The summed E-state index contributed by atoms with van der Waals surface area (Å²) in [6, 6.07) is 15.2. The molecule has 0 saturated carbocycles. The highest BCUT2D eigenvalue weighted by atomic mass is 16.3. The molecule has 0 bridgehead atoms. The van der Waals surface area contributed by atoms with E-state index in [4.69, 9.17) is 0 Å². The van der Waals surface area contributed by atoms with E-state index in [1.165, 1.54) is 24.0 Å². The first-order valence-electron chi connectivity index (χ1n) is 7.73. The van der Waals surface area contributed by atoms with E-state index in [1.54, 1.807) is 0 Å². The van der Waals surface area contributed by atoms with Gasteiger partial charge in [0.25, 0.3) is 0 Å². The van der Waals surface area contributed by atoms with E-state index in [0.29, 0.717) is 11.8 Å². The summed E-state index contributed by atoms with van der Waals surface area (Å²) in [6.07, 6.45) is 2.43. The van der Waals surface area contributed by atoms with Crippen LogP contribution in [0.15, 0.2) is 42.5 Å². The van der Waals surface area contributed by atoms with Crippen molar-refractivity contribution in [2.75, 3.05) is 6.54 Å². The number of nitrogens with zero attached hydrogens (tertiary/aromatic N) is 1. The van der Waals surface area contributed by atoms with Gasteiger partial charge in [-0.05, 0) is 56.0 Å². The van der Waals surface area contributed by atoms with Gasteiger partial charge in [0.2, 0.25) is 0 Å². The largest absolute Gasteiger partial charge is 0.508 e. The fourth-order valence-corrected chi connectivity index (χ4v) is 3.27. The maximum atomic E-state index is 10.2. The molecule has 3 rings (SSSR count). The van der Waals surface area contributed by atoms with Crippen LogP contribution in [0.3, 0.4) is 0 Å². The van der Waals surface area contributed by atoms with E-state index in [-0.39, 0.29) is 0 Å². The van der Waals surface area contributed by atoms with Crippen molar-refractivity contribution in [1.82, 2.24) is 4.90 Å². The topological polar surface area (TPSA) is 23.5 Å². The second-order valence-corrected chi connectivity index (χ2v) is 6.10. The number of phenols is 1. The number of benzene rings is 2. The van der Waals surface area contributed by atoms with Crippen LogP contribution in [-0.2, 0) is 6.54 Å². The number of aryl methyl sites for hydroxylation is 2. The molecule has 1 atom stereocenters. The first-order chi connectivity index (χ1) is 10.1. The highest BCUT2D eigenvalue weighted by Gasteiger charge is 2.26. The molecular weight excluding hydrogens is 258 g/mol. The van der Waals surface area contributed by atoms with Gasteiger partial charge in [0.15, 0.2) is 0 Å². The van der Waals surface area contributed by atoms with Crippen molar-refractivity contribution in [1.29, 1.82) is 0 Å². The van der Waals surface area contributed by atoms with Crippen LogP contribution in [0.25, 0.3) is 0 Å². The van der Waals surface area contributed by atoms with E-state index < -0.39 is 0 Å². The lowest BCUT2D eigenvalue weighted by molar-refractivity contribution is 0.245. The third kappa shape index (κ3) is 2.96. The van der Waals surface area contributed by atoms with Gasteiger partial charge < -0.3 is 5.11 Å². The molecule has 110 valence electrons. The Bertz CT molecular complexity index is 621. The molecule has 1 aliphatic rings. The minimum absolute atomic E-state index is 0.428. The molecular formula is C19H23NO. The summed E-state index contributed by atoms with van der Waals surface area (Å²) in [4.78, 5) is 2.49. The van der Waals surface area contributed by atoms with Crippen molar-refractivity contribution in [2.24, 2.45) is 0 Å². The normalized spacial score (nSPS) is 19.0. The average Bonchev–Trinajstić information content (AvgIpc) is 2.94. The van der Waals surface area contributed by atoms with Crippen LogP contribution < -0.4 is 0 Å². The Hall–Kier alpha value is -1.80. The summed E-state index contributed by atoms with van der Waals surface area (Å²) in [6.45, 7) is 6.08. The van der Waals surface area contributed by atoms with Gasteiger partial charge in [-0.15, -0.1) is 0 Å². The van der Waals surface area contributed by atoms with Crippen LogP contribution in [0.2, 0.25) is 0 Å². The average molecular weight is 281 g/mol. The van der Waals surface area contributed by atoms with Gasteiger partial charge in [0.05, 0.1) is 0 Å². The van der Waals surface area contributed by atoms with E-state index in [0.717, 1.165) is 24.2 Å². The Balaban J connectivity index is 1.82. The summed E-state index contributed by atoms with van der Waals surface area (Å²) in [5.41, 5.74) is 4.83. The SMILES string of the molecule is Cc1cc(O)c(CN2CCCC2c2ccccc2)cc1C. The molecule has 21 heavy (non-hydrogen) atoms. The van der Waals surface area contributed by atoms with Gasteiger partial charge in [0.1, 0.15) is 5.75 Å². The van der Waals surface area contributed by atoms with Gasteiger partial charge in [-0.1, -0.05) is 36.4 Å². The maximum absolute atomic E-state index is 10.2. The molecule has 1 heterocycles. The predicted octanol–water partition coefficient (Wildman–Crippen LogP) is 4.35. The molecule has 2 aromatic carbocycles. The van der Waals surface area contributed by atoms with Crippen LogP contribution >= 0.6 is 0 Å². The van der Waals surface area contributed by atoms with Crippen LogP contribution in [0.1, 0.15) is 41.1 Å². The summed E-state index contributed by atoms with van der Waals surface area (Å²) in [5.74, 6) is 0.428. The van der Waals surface area contributed by atoms with Gasteiger partial charge >= 0.3 is 0 Å². The Morgan fingerprint density at radius 3 is 2.57 bits per heavy atom. The number of phenolic OH excluding ortho intramolecular Hbond substituents is 1. The standard InChI is InChI=1S/C19H23NO/c1-14-11-17(19(21)12-15(14)2)13-20-10-6-9-18(20)16-7-4-3-5-8-16/h3-5,7-8,11-12,18,21H,6,9-10,13H2,1-2H3. The van der Waals surface area contributed by atoms with E-state index >= 15 is 0 Å². The van der Waals surface area contributed by atoms with Crippen LogP contribution in [0, 0.1) is 13.8 Å². The molecule has 2 nitrogen and oxygen atoms in total. The van der Waals surface area contributed by atoms with Crippen molar-refractivity contribution in [3.05, 3.63) is 64.7 Å². The minimum atomic E-state index is 0.428. The van der Waals surface area contributed by atoms with E-state index in [2.05, 4.69) is 48.2 Å². The lowest BCUT2D eigenvalue weighted by Crippen LogP contribution is -2.22. The number of hydrogen-bond acceptors (Lipinski definition) is 2. The third-order valence-corrected chi connectivity index (χ3v) is 4.62. The zero-order valence-electron chi connectivity index (χ0n) is 12.8. The molecule has 0 spiro atoms. The lowest BCUT2D eigenvalue weighted by atomic mass is 10.0. The molecule has 0 amide bonds. The highest BCUT2D eigenvalue weighted by molar-refractivity contribution is 5.41. The summed E-state index contributed by atoms with van der Waals surface area (Å²) in [5, 5.41) is 10.2. The first kappa shape index (κ1) is 14.2. The minimum Gasteiger partial charge on any atom is -0.508 e. The Morgan fingerprint density at radius 1 is 1.10 bits per heavy atom. The number of rotatable bonds is 3. The highest BCUT2D eigenvalue weighted by Crippen LogP contribution is 2.34. The second kappa shape index (κ2) is 5.90. The quantitative estimate of drug-likeness (QED) is 0.904. The fraction of sp³-hybridized carbons (Fsp3) is 0.368. The van der Waals surface area contributed by atoms with Crippen LogP contribution in [-0.4, -0.2) is 16.6 Å². The van der Waals surface area contributed by atoms with Crippen molar-refractivity contribution < 1.29 is 5.11 Å². The monoisotopic (exact) mass is 281 g/mol. The Labute approximate surface area is 127 Å². The smallest absolute Gasteiger partial charge is 0.120 e. The van der Waals surface area contributed by atoms with Crippen LogP contribution in [0.4, 0.5) is 0 Å². The van der Waals surface area contributed by atoms with Crippen molar-refractivity contribution in [2.45, 2.75) is 39.3 Å². The van der Waals surface area contributed by atoms with E-state index in [1.807, 2.05) is 13.0 Å². The Kier molecular flexibility index (Phi) is 3.98. The molecule has 1 aliphatic heterocycles. The molecule has 2 heteroatoms. The zero-order chi connectivity index (χ0) is 14.8. The summed E-state index contributed by atoms with van der Waals surface area (Å²) in [7, 11) is 0. The molecule has 1 unspecified atom stereocenters. The first-order valence-corrected chi connectivity index (χ1v) is 7.73. The Morgan fingerprint density at radius 2 is 1.81 bits per heavy atom. The molecule has 1 N–H and O–H groups in total. The van der Waals surface area contributed by atoms with Gasteiger partial charge in [0, 0.05) is 18.2 Å². The van der Waals surface area contributed by atoms with Crippen molar-refractivity contribution in [3.63, 3.8) is 0 Å². The molecule has 1 saturated heterocycles. The maximum Gasteiger partial charge on any atom is 0.120 e. The number of aromatic hydroxyl groups is 1. The molecule has 0 aromatic heterocycles. The van der Waals surface area contributed by atoms with Gasteiger partial charge in [-0.2, -0.15) is 0 Å². The van der Waals surface area contributed by atoms with Crippen molar-refractivity contribution in [3.8, 4) is 5.75 Å². The molecule has 0 radical (unpaired) electrons. The van der Waals surface area contributed by atoms with Gasteiger partial charge in [-0.25, -0.2) is 0 Å². The fourth-order valence-electron chi connectivity index (χ4n) is 3.27. The molecule has 1 fully saturated rings. The summed E-state index contributed by atoms with van der Waals surface area (Å²) >= 11 is 0. The zero-order valence-corrected chi connectivity index (χ0v) is 12.8. The van der Waals surface area contributed by atoms with Gasteiger partial charge in [-0.3, -0.25) is 4.90 Å². The van der Waals surface area contributed by atoms with E-state index in [9.17, 15) is 5.11 Å². The third-order valence-electron chi connectivity index (χ3n) is 4.62. The molecule has 0 aliphatic carbocycles. The lowest BCUT2D eigenvalue weighted by Gasteiger charge is -2.25. The molecule has 2 aromatic rings. The van der Waals surface area contributed by atoms with Crippen LogP contribution in [0.5, 0.6) is 5.75 Å². The number of likely N-dealkylation sites (tertiary alicyclic amines) is 1. The number of hydrogen-bond donors (Lipinski definition) is 1. The second-order valence-electron chi connectivity index (χ2n) is 6.10.